The number of aryl methyl sites for hydroxylation is 1. The van der Waals surface area contributed by atoms with Gasteiger partial charge in [0, 0.05) is 6.04 Å². The van der Waals surface area contributed by atoms with E-state index >= 15 is 0 Å². The van der Waals surface area contributed by atoms with E-state index in [1.807, 2.05) is 60.7 Å². The van der Waals surface area contributed by atoms with Gasteiger partial charge in [-0.3, -0.25) is 15.0 Å². The smallest absolute Gasteiger partial charge is 0.322 e. The standard InChI is InChI=1S/C24H30N4O3/c1-17(2)21(19-12-8-5-9-13-19)25-16-20(29)27-28-22(30)24(3,26-23(28)31)15-14-18-10-6-4-7-11-18/h4-13,17,21,25H,14-16H2,1-3H3,(H,26,31)(H,27,29)/t21-,24+/m1/s1. The van der Waals surface area contributed by atoms with Crippen LogP contribution in [0.1, 0.15) is 44.4 Å². The van der Waals surface area contributed by atoms with E-state index in [1.54, 1.807) is 6.92 Å². The second kappa shape index (κ2) is 9.75. The molecule has 0 bridgehead atoms. The highest BCUT2D eigenvalue weighted by Crippen LogP contribution is 2.23. The van der Waals surface area contributed by atoms with Gasteiger partial charge >= 0.3 is 6.03 Å². The minimum absolute atomic E-state index is 0.0183. The molecular weight excluding hydrogens is 392 g/mol. The zero-order valence-corrected chi connectivity index (χ0v) is 18.2. The molecule has 164 valence electrons. The predicted octanol–water partition coefficient (Wildman–Crippen LogP) is 2.95. The van der Waals surface area contributed by atoms with Crippen molar-refractivity contribution < 1.29 is 14.4 Å². The minimum atomic E-state index is -1.06. The van der Waals surface area contributed by atoms with Crippen molar-refractivity contribution in [3.63, 3.8) is 0 Å². The van der Waals surface area contributed by atoms with Crippen molar-refractivity contribution >= 4 is 17.8 Å². The topological polar surface area (TPSA) is 90.5 Å². The van der Waals surface area contributed by atoms with E-state index in [9.17, 15) is 14.4 Å². The van der Waals surface area contributed by atoms with Crippen molar-refractivity contribution in [3.8, 4) is 0 Å². The van der Waals surface area contributed by atoms with Gasteiger partial charge in [0.1, 0.15) is 5.54 Å². The first-order chi connectivity index (χ1) is 14.8. The van der Waals surface area contributed by atoms with Gasteiger partial charge in [0.25, 0.3) is 11.8 Å². The molecule has 1 aliphatic heterocycles. The molecule has 0 aromatic heterocycles. The summed E-state index contributed by atoms with van der Waals surface area (Å²) >= 11 is 0. The molecule has 0 radical (unpaired) electrons. The molecule has 0 aliphatic carbocycles. The second-order valence-corrected chi connectivity index (χ2v) is 8.44. The van der Waals surface area contributed by atoms with E-state index in [0.29, 0.717) is 12.8 Å². The molecular formula is C24H30N4O3. The lowest BCUT2D eigenvalue weighted by molar-refractivity contribution is -0.138. The van der Waals surface area contributed by atoms with Crippen molar-refractivity contribution in [2.24, 2.45) is 5.92 Å². The van der Waals surface area contributed by atoms with Gasteiger partial charge in [0.15, 0.2) is 0 Å². The second-order valence-electron chi connectivity index (χ2n) is 8.44. The lowest BCUT2D eigenvalue weighted by Crippen LogP contribution is -2.51. The van der Waals surface area contributed by atoms with Crippen LogP contribution in [0.25, 0.3) is 0 Å². The van der Waals surface area contributed by atoms with Gasteiger partial charge in [-0.15, -0.1) is 0 Å². The number of carbonyl (C=O) groups excluding carboxylic acids is 3. The predicted molar refractivity (Wildman–Crippen MR) is 119 cm³/mol. The highest BCUT2D eigenvalue weighted by Gasteiger charge is 2.48. The Morgan fingerprint density at radius 3 is 2.26 bits per heavy atom. The Morgan fingerprint density at radius 1 is 1.03 bits per heavy atom. The van der Waals surface area contributed by atoms with Gasteiger partial charge < -0.3 is 10.6 Å². The molecule has 2 atom stereocenters. The third-order valence-corrected chi connectivity index (χ3v) is 5.56. The van der Waals surface area contributed by atoms with Crippen molar-refractivity contribution in [2.45, 2.75) is 45.2 Å². The van der Waals surface area contributed by atoms with Crippen LogP contribution in [-0.4, -0.2) is 34.9 Å². The van der Waals surface area contributed by atoms with Crippen molar-refractivity contribution in [2.75, 3.05) is 6.54 Å². The summed E-state index contributed by atoms with van der Waals surface area (Å²) < 4.78 is 0. The average molecular weight is 423 g/mol. The summed E-state index contributed by atoms with van der Waals surface area (Å²) in [5.41, 5.74) is 3.55. The van der Waals surface area contributed by atoms with Crippen molar-refractivity contribution in [3.05, 3.63) is 71.8 Å². The summed E-state index contributed by atoms with van der Waals surface area (Å²) in [5, 5.41) is 6.74. The Labute approximate surface area is 183 Å². The highest BCUT2D eigenvalue weighted by molar-refractivity contribution is 6.07. The maximum Gasteiger partial charge on any atom is 0.344 e. The number of amides is 4. The first-order valence-corrected chi connectivity index (χ1v) is 10.6. The van der Waals surface area contributed by atoms with Crippen molar-refractivity contribution in [1.82, 2.24) is 21.1 Å². The molecule has 2 aromatic carbocycles. The van der Waals surface area contributed by atoms with Crippen LogP contribution in [0.4, 0.5) is 4.79 Å². The number of nitrogens with zero attached hydrogens (tertiary/aromatic N) is 1. The monoisotopic (exact) mass is 422 g/mol. The Bertz CT molecular complexity index is 917. The van der Waals surface area contributed by atoms with E-state index in [4.69, 9.17) is 0 Å². The van der Waals surface area contributed by atoms with Gasteiger partial charge in [-0.1, -0.05) is 74.5 Å². The SMILES string of the molecule is CC(C)[C@@H](NCC(=O)NN1C(=O)N[C@@](C)(CCc2ccccc2)C1=O)c1ccccc1. The summed E-state index contributed by atoms with van der Waals surface area (Å²) in [5.74, 6) is -0.643. The summed E-state index contributed by atoms with van der Waals surface area (Å²) in [6.07, 6.45) is 1.08. The number of hydrogen-bond acceptors (Lipinski definition) is 4. The Kier molecular flexibility index (Phi) is 7.07. The quantitative estimate of drug-likeness (QED) is 0.542. The maximum absolute atomic E-state index is 12.9. The molecule has 1 heterocycles. The number of hydrazine groups is 1. The molecule has 4 amide bonds. The van der Waals surface area contributed by atoms with Gasteiger partial charge in [-0.25, -0.2) is 4.79 Å². The normalized spacial score (nSPS) is 19.4. The fraction of sp³-hybridized carbons (Fsp3) is 0.375. The Hall–Kier alpha value is -3.19. The average Bonchev–Trinajstić information content (AvgIpc) is 2.97. The van der Waals surface area contributed by atoms with Gasteiger partial charge in [-0.2, -0.15) is 5.01 Å². The molecule has 1 fully saturated rings. The molecule has 0 unspecified atom stereocenters. The zero-order chi connectivity index (χ0) is 22.4. The summed E-state index contributed by atoms with van der Waals surface area (Å²) in [7, 11) is 0. The molecule has 7 heteroatoms. The van der Waals surface area contributed by atoms with E-state index in [-0.39, 0.29) is 18.5 Å². The molecule has 7 nitrogen and oxygen atoms in total. The maximum atomic E-state index is 12.9. The number of imide groups is 1. The van der Waals surface area contributed by atoms with Crippen LogP contribution < -0.4 is 16.1 Å². The van der Waals surface area contributed by atoms with Crippen LogP contribution in [-0.2, 0) is 16.0 Å². The number of hydrogen-bond donors (Lipinski definition) is 3. The van der Waals surface area contributed by atoms with Gasteiger partial charge in [0.05, 0.1) is 6.54 Å². The third-order valence-electron chi connectivity index (χ3n) is 5.56. The molecule has 1 aliphatic rings. The molecule has 3 rings (SSSR count). The third kappa shape index (κ3) is 5.49. The number of carbonyl (C=O) groups is 3. The summed E-state index contributed by atoms with van der Waals surface area (Å²) in [6.45, 7) is 5.80. The minimum Gasteiger partial charge on any atom is -0.322 e. The van der Waals surface area contributed by atoms with Crippen LogP contribution in [0.2, 0.25) is 0 Å². The first-order valence-electron chi connectivity index (χ1n) is 10.6. The molecule has 0 saturated carbocycles. The largest absolute Gasteiger partial charge is 0.344 e. The van der Waals surface area contributed by atoms with Crippen LogP contribution >= 0.6 is 0 Å². The van der Waals surface area contributed by atoms with E-state index in [1.165, 1.54) is 0 Å². The van der Waals surface area contributed by atoms with Gasteiger partial charge in [0.2, 0.25) is 0 Å². The van der Waals surface area contributed by atoms with Crippen molar-refractivity contribution in [1.29, 1.82) is 0 Å². The lowest BCUT2D eigenvalue weighted by Gasteiger charge is -2.24. The van der Waals surface area contributed by atoms with Crippen LogP contribution in [0.5, 0.6) is 0 Å². The number of urea groups is 1. The summed E-state index contributed by atoms with van der Waals surface area (Å²) in [4.78, 5) is 37.7. The molecule has 0 spiro atoms. The van der Waals surface area contributed by atoms with Crippen LogP contribution in [0.15, 0.2) is 60.7 Å². The Morgan fingerprint density at radius 2 is 1.65 bits per heavy atom. The molecule has 31 heavy (non-hydrogen) atoms. The fourth-order valence-electron chi connectivity index (χ4n) is 3.76. The molecule has 3 N–H and O–H groups in total. The molecule has 1 saturated heterocycles. The Balaban J connectivity index is 1.57. The number of nitrogens with one attached hydrogen (secondary N) is 3. The van der Waals surface area contributed by atoms with Crippen LogP contribution in [0, 0.1) is 5.92 Å². The number of rotatable bonds is 9. The van der Waals surface area contributed by atoms with E-state index in [0.717, 1.165) is 16.1 Å². The fourth-order valence-corrected chi connectivity index (χ4v) is 3.76. The highest BCUT2D eigenvalue weighted by atomic mass is 16.2. The molecule has 2 aromatic rings. The van der Waals surface area contributed by atoms with Crippen LogP contribution in [0.3, 0.4) is 0 Å². The van der Waals surface area contributed by atoms with E-state index < -0.39 is 23.4 Å². The zero-order valence-electron chi connectivity index (χ0n) is 18.2. The first kappa shape index (κ1) is 22.5. The lowest BCUT2D eigenvalue weighted by atomic mass is 9.93. The van der Waals surface area contributed by atoms with E-state index in [2.05, 4.69) is 29.9 Å². The number of benzene rings is 2. The van der Waals surface area contributed by atoms with Gasteiger partial charge in [-0.05, 0) is 36.8 Å². The summed E-state index contributed by atoms with van der Waals surface area (Å²) in [6, 6.07) is 19.0.